The van der Waals surface area contributed by atoms with Crippen LogP contribution in [0.25, 0.3) is 16.9 Å². The Hall–Kier alpha value is -3.37. The van der Waals surface area contributed by atoms with Gasteiger partial charge in [-0.15, -0.1) is 0 Å². The smallest absolute Gasteiger partial charge is 0.274 e. The predicted molar refractivity (Wildman–Crippen MR) is 136 cm³/mol. The highest BCUT2D eigenvalue weighted by Crippen LogP contribution is 2.55. The number of sulfone groups is 1. The molecule has 0 saturated heterocycles. The van der Waals surface area contributed by atoms with Crippen molar-refractivity contribution in [2.24, 2.45) is 7.05 Å². The van der Waals surface area contributed by atoms with Gasteiger partial charge in [-0.3, -0.25) is 19.0 Å². The number of pyridine rings is 2. The second-order valence-electron chi connectivity index (χ2n) is 9.37. The Labute approximate surface area is 217 Å². The van der Waals surface area contributed by atoms with Gasteiger partial charge in [0.05, 0.1) is 5.69 Å². The minimum Gasteiger partial charge on any atom is -0.277 e. The lowest BCUT2D eigenvalue weighted by molar-refractivity contribution is 0.569. The molecule has 1 unspecified atom stereocenters. The molecule has 0 N–H and O–H groups in total. The van der Waals surface area contributed by atoms with E-state index in [0.717, 1.165) is 29.0 Å². The van der Waals surface area contributed by atoms with E-state index in [1.165, 1.54) is 18.3 Å². The summed E-state index contributed by atoms with van der Waals surface area (Å²) in [5.74, 6) is -1.86. The van der Waals surface area contributed by atoms with Gasteiger partial charge >= 0.3 is 0 Å². The third kappa shape index (κ3) is 4.18. The van der Waals surface area contributed by atoms with Gasteiger partial charge in [-0.1, -0.05) is 17.7 Å². The van der Waals surface area contributed by atoms with Crippen molar-refractivity contribution in [2.75, 3.05) is 6.26 Å². The molecule has 0 aliphatic heterocycles. The van der Waals surface area contributed by atoms with Crippen LogP contribution in [0.1, 0.15) is 40.8 Å². The Morgan fingerprint density at radius 3 is 2.49 bits per heavy atom. The van der Waals surface area contributed by atoms with E-state index in [-0.39, 0.29) is 28.1 Å². The molecule has 0 bridgehead atoms. The first kappa shape index (κ1) is 25.3. The Morgan fingerprint density at radius 1 is 1.11 bits per heavy atom. The van der Waals surface area contributed by atoms with Crippen LogP contribution in [-0.2, 0) is 16.9 Å². The minimum atomic E-state index is -3.90. The molecule has 4 aromatic rings. The Bertz CT molecular complexity index is 1750. The highest BCUT2D eigenvalue weighted by atomic mass is 35.5. The first-order chi connectivity index (χ1) is 17.4. The number of rotatable bonds is 5. The average molecular weight is 545 g/mol. The fraction of sp³-hybridized carbons (Fsp3) is 0.269. The zero-order valence-corrected chi connectivity index (χ0v) is 22.0. The van der Waals surface area contributed by atoms with Crippen molar-refractivity contribution in [3.8, 4) is 16.9 Å². The van der Waals surface area contributed by atoms with Gasteiger partial charge in [-0.25, -0.2) is 17.2 Å². The fourth-order valence-corrected chi connectivity index (χ4v) is 5.94. The van der Waals surface area contributed by atoms with Crippen molar-refractivity contribution in [3.05, 3.63) is 92.3 Å². The third-order valence-electron chi connectivity index (χ3n) is 6.81. The van der Waals surface area contributed by atoms with Gasteiger partial charge in [0.15, 0.2) is 21.5 Å². The summed E-state index contributed by atoms with van der Waals surface area (Å²) in [5, 5.41) is 4.19. The molecule has 2 atom stereocenters. The lowest BCUT2D eigenvalue weighted by atomic mass is 10.1. The van der Waals surface area contributed by atoms with Crippen LogP contribution in [0, 0.1) is 25.5 Å². The van der Waals surface area contributed by atoms with Gasteiger partial charge < -0.3 is 0 Å². The van der Waals surface area contributed by atoms with E-state index in [1.807, 2.05) is 13.1 Å². The fourth-order valence-electron chi connectivity index (χ4n) is 4.90. The van der Waals surface area contributed by atoms with Gasteiger partial charge in [0, 0.05) is 48.6 Å². The standard InChI is InChI=1S/C26H23ClF2N4O3S/c1-13-12-30-24(15-6-5-7-20(22(15)28)37(4,35)36)23(29)25(13)33-14(2)10-18(21(27)26(33)34)16-11-17(16)19-8-9-31-32(19)3/h5-10,12,16-17H,11H2,1-4H3/t16-,17?/m1/s1. The van der Waals surface area contributed by atoms with Crippen LogP contribution in [0.15, 0.2) is 52.4 Å². The van der Waals surface area contributed by atoms with Crippen LogP contribution in [-0.4, -0.2) is 34.0 Å². The highest BCUT2D eigenvalue weighted by molar-refractivity contribution is 7.90. The molecule has 1 saturated carbocycles. The number of halogens is 3. The van der Waals surface area contributed by atoms with Crippen LogP contribution < -0.4 is 5.56 Å². The van der Waals surface area contributed by atoms with E-state index >= 15 is 8.78 Å². The molecule has 1 aromatic carbocycles. The topological polar surface area (TPSA) is 86.8 Å². The zero-order chi connectivity index (χ0) is 26.8. The summed E-state index contributed by atoms with van der Waals surface area (Å²) in [6.07, 6.45) is 4.71. The molecule has 0 radical (unpaired) electrons. The Balaban J connectivity index is 1.64. The average Bonchev–Trinajstić information content (AvgIpc) is 3.49. The van der Waals surface area contributed by atoms with Crippen molar-refractivity contribution in [1.29, 1.82) is 0 Å². The van der Waals surface area contributed by atoms with Gasteiger partial charge in [0.2, 0.25) is 0 Å². The Kier molecular flexibility index (Phi) is 6.07. The van der Waals surface area contributed by atoms with E-state index in [9.17, 15) is 13.2 Å². The summed E-state index contributed by atoms with van der Waals surface area (Å²) >= 11 is 6.56. The van der Waals surface area contributed by atoms with Crippen molar-refractivity contribution >= 4 is 21.4 Å². The first-order valence-corrected chi connectivity index (χ1v) is 13.7. The normalized spacial score (nSPS) is 17.3. The number of hydrogen-bond acceptors (Lipinski definition) is 5. The summed E-state index contributed by atoms with van der Waals surface area (Å²) in [5.41, 5.74) is 1.05. The van der Waals surface area contributed by atoms with E-state index in [1.54, 1.807) is 30.8 Å². The van der Waals surface area contributed by atoms with Gasteiger partial charge in [0.1, 0.15) is 15.6 Å². The molecule has 37 heavy (non-hydrogen) atoms. The first-order valence-electron chi connectivity index (χ1n) is 11.5. The second-order valence-corrected chi connectivity index (χ2v) is 11.7. The molecule has 192 valence electrons. The van der Waals surface area contributed by atoms with E-state index in [2.05, 4.69) is 10.1 Å². The monoisotopic (exact) mass is 544 g/mol. The number of hydrogen-bond donors (Lipinski definition) is 0. The summed E-state index contributed by atoms with van der Waals surface area (Å²) in [4.78, 5) is 16.9. The molecule has 1 aliphatic rings. The number of benzene rings is 1. The van der Waals surface area contributed by atoms with Crippen molar-refractivity contribution in [3.63, 3.8) is 0 Å². The van der Waals surface area contributed by atoms with Crippen molar-refractivity contribution < 1.29 is 17.2 Å². The molecule has 3 aromatic heterocycles. The molecule has 1 fully saturated rings. The predicted octanol–water partition coefficient (Wildman–Crippen LogP) is 4.86. The molecule has 1 aliphatic carbocycles. The van der Waals surface area contributed by atoms with Crippen LogP contribution in [0.3, 0.4) is 0 Å². The van der Waals surface area contributed by atoms with Gasteiger partial charge in [0.25, 0.3) is 5.56 Å². The Morgan fingerprint density at radius 2 is 1.84 bits per heavy atom. The molecular formula is C26H23ClF2N4O3S. The maximum absolute atomic E-state index is 16.0. The lowest BCUT2D eigenvalue weighted by Crippen LogP contribution is -2.24. The summed E-state index contributed by atoms with van der Waals surface area (Å²) in [6.45, 7) is 3.25. The van der Waals surface area contributed by atoms with Crippen LogP contribution >= 0.6 is 11.6 Å². The molecule has 3 heterocycles. The molecule has 11 heteroatoms. The quantitative estimate of drug-likeness (QED) is 0.358. The summed E-state index contributed by atoms with van der Waals surface area (Å²) in [7, 11) is -2.04. The second kappa shape index (κ2) is 8.88. The number of aromatic nitrogens is 4. The molecule has 5 rings (SSSR count). The van der Waals surface area contributed by atoms with Crippen LogP contribution in [0.4, 0.5) is 8.78 Å². The third-order valence-corrected chi connectivity index (χ3v) is 8.30. The van der Waals surface area contributed by atoms with E-state index in [4.69, 9.17) is 11.6 Å². The van der Waals surface area contributed by atoms with Gasteiger partial charge in [-0.05, 0) is 61.6 Å². The number of aryl methyl sites for hydroxylation is 3. The molecule has 7 nitrogen and oxygen atoms in total. The number of nitrogens with zero attached hydrogens (tertiary/aromatic N) is 4. The summed E-state index contributed by atoms with van der Waals surface area (Å²) < 4.78 is 58.0. The lowest BCUT2D eigenvalue weighted by Gasteiger charge is -2.18. The van der Waals surface area contributed by atoms with Crippen LogP contribution in [0.5, 0.6) is 0 Å². The highest BCUT2D eigenvalue weighted by Gasteiger charge is 2.43. The maximum Gasteiger partial charge on any atom is 0.274 e. The molecule has 0 spiro atoms. The molecular weight excluding hydrogens is 522 g/mol. The van der Waals surface area contributed by atoms with Crippen molar-refractivity contribution in [1.82, 2.24) is 19.3 Å². The largest absolute Gasteiger partial charge is 0.277 e. The van der Waals surface area contributed by atoms with Gasteiger partial charge in [-0.2, -0.15) is 5.10 Å². The van der Waals surface area contributed by atoms with Crippen molar-refractivity contribution in [2.45, 2.75) is 37.0 Å². The maximum atomic E-state index is 16.0. The SMILES string of the molecule is Cc1cnc(-c2cccc(S(C)(=O)=O)c2F)c(F)c1-n1c(C)cc([C@@H]2CC2c2ccnn2C)c(Cl)c1=O. The van der Waals surface area contributed by atoms with E-state index < -0.39 is 37.6 Å². The summed E-state index contributed by atoms with van der Waals surface area (Å²) in [6, 6.07) is 7.36. The molecule has 0 amide bonds. The minimum absolute atomic E-state index is 0.0114. The zero-order valence-electron chi connectivity index (χ0n) is 20.5. The van der Waals surface area contributed by atoms with Crippen LogP contribution in [0.2, 0.25) is 5.02 Å². The van der Waals surface area contributed by atoms with E-state index in [0.29, 0.717) is 16.8 Å².